The molecule has 0 aliphatic carbocycles. The first-order chi connectivity index (χ1) is 8.54. The third-order valence-corrected chi connectivity index (χ3v) is 3.42. The molecule has 0 radical (unpaired) electrons. The number of nitrogens with zero attached hydrogens (tertiary/aromatic N) is 2. The summed E-state index contributed by atoms with van der Waals surface area (Å²) in [4.78, 5) is 18.1. The number of carbonyl (C=O) groups excluding carboxylic acids is 1. The molecule has 7 heteroatoms. The van der Waals surface area contributed by atoms with Crippen LogP contribution < -0.4 is 11.1 Å². The van der Waals surface area contributed by atoms with Gasteiger partial charge in [0.15, 0.2) is 0 Å². The van der Waals surface area contributed by atoms with Gasteiger partial charge >= 0.3 is 0 Å². The van der Waals surface area contributed by atoms with Crippen LogP contribution >= 0.6 is 11.3 Å². The van der Waals surface area contributed by atoms with Crippen LogP contribution in [0.3, 0.4) is 0 Å². The molecule has 0 aromatic carbocycles. The third kappa shape index (κ3) is 3.07. The molecule has 4 N–H and O–H groups in total. The van der Waals surface area contributed by atoms with Crippen LogP contribution in [0, 0.1) is 6.92 Å². The number of anilines is 1. The highest BCUT2D eigenvalue weighted by atomic mass is 32.1. The molecular formula is C11H15N5OS. The maximum Gasteiger partial charge on any atom is 0.288 e. The van der Waals surface area contributed by atoms with E-state index < -0.39 is 0 Å². The highest BCUT2D eigenvalue weighted by Crippen LogP contribution is 2.16. The summed E-state index contributed by atoms with van der Waals surface area (Å²) < 4.78 is 0. The number of aromatic amines is 1. The molecule has 18 heavy (non-hydrogen) atoms. The van der Waals surface area contributed by atoms with Gasteiger partial charge in [0.05, 0.1) is 0 Å². The average Bonchev–Trinajstić information content (AvgIpc) is 2.87. The molecule has 0 fully saturated rings. The Hall–Kier alpha value is -1.89. The molecule has 2 heterocycles. The van der Waals surface area contributed by atoms with Crippen LogP contribution in [0.2, 0.25) is 0 Å². The lowest BCUT2D eigenvalue weighted by atomic mass is 10.2. The monoisotopic (exact) mass is 265 g/mol. The van der Waals surface area contributed by atoms with Crippen molar-refractivity contribution in [3.8, 4) is 0 Å². The quantitative estimate of drug-likeness (QED) is 0.771. The molecule has 96 valence electrons. The van der Waals surface area contributed by atoms with Crippen LogP contribution in [0.15, 0.2) is 12.1 Å². The van der Waals surface area contributed by atoms with Crippen LogP contribution in [0.5, 0.6) is 0 Å². The fourth-order valence-corrected chi connectivity index (χ4v) is 2.64. The van der Waals surface area contributed by atoms with Gasteiger partial charge in [-0.1, -0.05) is 0 Å². The van der Waals surface area contributed by atoms with E-state index in [9.17, 15) is 4.79 Å². The maximum absolute atomic E-state index is 11.8. The van der Waals surface area contributed by atoms with Gasteiger partial charge in [0.1, 0.15) is 0 Å². The van der Waals surface area contributed by atoms with Gasteiger partial charge in [0.2, 0.25) is 11.8 Å². The zero-order chi connectivity index (χ0) is 13.1. The SMILES string of the molecule is Cc1ccc(CC(C)NC(=O)c2nc(N)n[nH]2)s1. The molecule has 0 aliphatic heterocycles. The molecule has 1 unspecified atom stereocenters. The molecule has 0 bridgehead atoms. The normalized spacial score (nSPS) is 12.3. The molecule has 6 nitrogen and oxygen atoms in total. The van der Waals surface area contributed by atoms with Gasteiger partial charge in [-0.15, -0.1) is 16.4 Å². The first kappa shape index (κ1) is 12.6. The fourth-order valence-electron chi connectivity index (χ4n) is 1.62. The molecular weight excluding hydrogens is 250 g/mol. The number of nitrogens with one attached hydrogen (secondary N) is 2. The van der Waals surface area contributed by atoms with Crippen LogP contribution in [0.1, 0.15) is 27.3 Å². The van der Waals surface area contributed by atoms with Crippen LogP contribution in [0.4, 0.5) is 5.95 Å². The number of H-pyrrole nitrogens is 1. The zero-order valence-corrected chi connectivity index (χ0v) is 11.0. The largest absolute Gasteiger partial charge is 0.366 e. The zero-order valence-electron chi connectivity index (χ0n) is 10.2. The molecule has 0 saturated heterocycles. The van der Waals surface area contributed by atoms with Gasteiger partial charge in [-0.3, -0.25) is 9.89 Å². The molecule has 0 aliphatic rings. The summed E-state index contributed by atoms with van der Waals surface area (Å²) in [7, 11) is 0. The number of aryl methyl sites for hydroxylation is 1. The van der Waals surface area contributed by atoms with E-state index in [0.29, 0.717) is 0 Å². The highest BCUT2D eigenvalue weighted by Gasteiger charge is 2.14. The Balaban J connectivity index is 1.91. The summed E-state index contributed by atoms with van der Waals surface area (Å²) in [6.45, 7) is 4.02. The Bertz CT molecular complexity index is 547. The van der Waals surface area contributed by atoms with E-state index in [2.05, 4.69) is 39.6 Å². The molecule has 2 rings (SSSR count). The van der Waals surface area contributed by atoms with Crippen molar-refractivity contribution in [1.29, 1.82) is 0 Å². The van der Waals surface area contributed by atoms with Gasteiger partial charge in [-0.05, 0) is 26.0 Å². The number of hydrogen-bond donors (Lipinski definition) is 3. The molecule has 1 amide bonds. The topological polar surface area (TPSA) is 96.7 Å². The van der Waals surface area contributed by atoms with E-state index >= 15 is 0 Å². The Morgan fingerprint density at radius 1 is 1.61 bits per heavy atom. The smallest absolute Gasteiger partial charge is 0.288 e. The van der Waals surface area contributed by atoms with Crippen molar-refractivity contribution in [2.24, 2.45) is 0 Å². The maximum atomic E-state index is 11.8. The highest BCUT2D eigenvalue weighted by molar-refractivity contribution is 7.11. The van der Waals surface area contributed by atoms with Gasteiger partial charge in [0.25, 0.3) is 5.91 Å². The number of amides is 1. The minimum absolute atomic E-state index is 0.0295. The van der Waals surface area contributed by atoms with Gasteiger partial charge in [-0.2, -0.15) is 4.98 Å². The van der Waals surface area contributed by atoms with E-state index in [4.69, 9.17) is 5.73 Å². The molecule has 2 aromatic rings. The Kier molecular flexibility index (Phi) is 3.61. The second kappa shape index (κ2) is 5.18. The summed E-state index contributed by atoms with van der Waals surface area (Å²) >= 11 is 1.74. The molecule has 1 atom stereocenters. The molecule has 0 saturated carbocycles. The minimum atomic E-state index is -0.292. The van der Waals surface area contributed by atoms with E-state index in [-0.39, 0.29) is 23.7 Å². The van der Waals surface area contributed by atoms with Crippen molar-refractivity contribution < 1.29 is 4.79 Å². The van der Waals surface area contributed by atoms with E-state index in [1.807, 2.05) is 6.92 Å². The lowest BCUT2D eigenvalue weighted by molar-refractivity contribution is 0.0930. The number of aromatic nitrogens is 3. The van der Waals surface area contributed by atoms with Crippen molar-refractivity contribution in [3.05, 3.63) is 27.7 Å². The van der Waals surface area contributed by atoms with Crippen molar-refractivity contribution >= 4 is 23.2 Å². The van der Waals surface area contributed by atoms with Crippen LogP contribution in [0.25, 0.3) is 0 Å². The summed E-state index contributed by atoms with van der Waals surface area (Å²) in [6, 6.07) is 4.18. The summed E-state index contributed by atoms with van der Waals surface area (Å²) in [6.07, 6.45) is 0.799. The summed E-state index contributed by atoms with van der Waals surface area (Å²) in [5.74, 6) is -0.0802. The van der Waals surface area contributed by atoms with Crippen LogP contribution in [-0.4, -0.2) is 27.1 Å². The second-order valence-electron chi connectivity index (χ2n) is 4.13. The Morgan fingerprint density at radius 3 is 2.94 bits per heavy atom. The lowest BCUT2D eigenvalue weighted by Crippen LogP contribution is -2.34. The lowest BCUT2D eigenvalue weighted by Gasteiger charge is -2.11. The summed E-state index contributed by atoms with van der Waals surface area (Å²) in [5.41, 5.74) is 5.34. The van der Waals surface area contributed by atoms with E-state index in [0.717, 1.165) is 6.42 Å². The van der Waals surface area contributed by atoms with Gasteiger partial charge < -0.3 is 11.1 Å². The van der Waals surface area contributed by atoms with E-state index in [1.165, 1.54) is 9.75 Å². The third-order valence-electron chi connectivity index (χ3n) is 2.40. The number of nitrogen functional groups attached to an aromatic ring is 1. The van der Waals surface area contributed by atoms with Gasteiger partial charge in [-0.25, -0.2) is 0 Å². The first-order valence-electron chi connectivity index (χ1n) is 5.58. The Morgan fingerprint density at radius 2 is 2.39 bits per heavy atom. The predicted octanol–water partition coefficient (Wildman–Crippen LogP) is 1.12. The number of carbonyl (C=O) groups is 1. The van der Waals surface area contributed by atoms with Crippen molar-refractivity contribution in [2.75, 3.05) is 5.73 Å². The molecule has 0 spiro atoms. The van der Waals surface area contributed by atoms with Crippen molar-refractivity contribution in [3.63, 3.8) is 0 Å². The van der Waals surface area contributed by atoms with Gasteiger partial charge in [0, 0.05) is 22.2 Å². The van der Waals surface area contributed by atoms with Crippen molar-refractivity contribution in [2.45, 2.75) is 26.3 Å². The standard InChI is InChI=1S/C11H15N5OS/c1-6(5-8-4-3-7(2)18-8)13-10(17)9-14-11(12)16-15-9/h3-4,6H,5H2,1-2H3,(H,13,17)(H3,12,14,15,16). The average molecular weight is 265 g/mol. The van der Waals surface area contributed by atoms with Crippen LogP contribution in [-0.2, 0) is 6.42 Å². The summed E-state index contributed by atoms with van der Waals surface area (Å²) in [5, 5.41) is 8.94. The number of rotatable bonds is 4. The number of nitrogens with two attached hydrogens (primary N) is 1. The number of thiophene rings is 1. The second-order valence-corrected chi connectivity index (χ2v) is 5.51. The van der Waals surface area contributed by atoms with E-state index in [1.54, 1.807) is 11.3 Å². The minimum Gasteiger partial charge on any atom is -0.366 e. The number of hydrogen-bond acceptors (Lipinski definition) is 5. The first-order valence-corrected chi connectivity index (χ1v) is 6.40. The Labute approximate surface area is 109 Å². The fraction of sp³-hybridized carbons (Fsp3) is 0.364. The molecule has 2 aromatic heterocycles. The predicted molar refractivity (Wildman–Crippen MR) is 70.5 cm³/mol. The van der Waals surface area contributed by atoms with Crippen molar-refractivity contribution in [1.82, 2.24) is 20.5 Å².